The summed E-state index contributed by atoms with van der Waals surface area (Å²) in [5, 5.41) is 9.04. The highest BCUT2D eigenvalue weighted by atomic mass is 127. The molecule has 1 atom stereocenters. The van der Waals surface area contributed by atoms with Gasteiger partial charge in [0.1, 0.15) is 9.26 Å². The number of halogens is 1. The summed E-state index contributed by atoms with van der Waals surface area (Å²) in [6, 6.07) is 19.0. The SMILES string of the molecule is CC1(I)C(c2ccccc2)=NN=C1N1Cc2ccccc2C1. The quantitative estimate of drug-likeness (QED) is 0.524. The molecule has 0 N–H and O–H groups in total. The van der Waals surface area contributed by atoms with Gasteiger partial charge < -0.3 is 4.90 Å². The van der Waals surface area contributed by atoms with Crippen LogP contribution in [0.25, 0.3) is 0 Å². The first-order valence-corrected chi connectivity index (χ1v) is 8.47. The third-order valence-electron chi connectivity index (χ3n) is 4.30. The Labute approximate surface area is 143 Å². The second-order valence-electron chi connectivity index (χ2n) is 5.87. The molecule has 0 aliphatic carbocycles. The van der Waals surface area contributed by atoms with Gasteiger partial charge >= 0.3 is 0 Å². The highest BCUT2D eigenvalue weighted by Gasteiger charge is 2.42. The zero-order valence-electron chi connectivity index (χ0n) is 12.3. The van der Waals surface area contributed by atoms with E-state index in [4.69, 9.17) is 0 Å². The zero-order valence-corrected chi connectivity index (χ0v) is 14.5. The molecule has 2 aliphatic heterocycles. The van der Waals surface area contributed by atoms with Crippen molar-refractivity contribution in [1.29, 1.82) is 0 Å². The maximum absolute atomic E-state index is 4.53. The minimum Gasteiger partial charge on any atom is -0.348 e. The lowest BCUT2D eigenvalue weighted by Gasteiger charge is -2.28. The van der Waals surface area contributed by atoms with Gasteiger partial charge in [0.2, 0.25) is 0 Å². The molecule has 4 heteroatoms. The van der Waals surface area contributed by atoms with Crippen LogP contribution in [0, 0.1) is 0 Å². The number of amidine groups is 1. The number of fused-ring (bicyclic) bond motifs is 1. The van der Waals surface area contributed by atoms with E-state index < -0.39 is 0 Å². The van der Waals surface area contributed by atoms with Gasteiger partial charge in [0.05, 0.1) is 5.71 Å². The van der Waals surface area contributed by atoms with Crippen molar-refractivity contribution in [2.45, 2.75) is 23.4 Å². The first kappa shape index (κ1) is 13.9. The minimum atomic E-state index is -0.193. The lowest BCUT2D eigenvalue weighted by molar-refractivity contribution is 0.437. The molecule has 110 valence electrons. The Bertz CT molecular complexity index is 753. The smallest absolute Gasteiger partial charge is 0.150 e. The molecule has 3 nitrogen and oxygen atoms in total. The fourth-order valence-corrected chi connectivity index (χ4v) is 4.03. The van der Waals surface area contributed by atoms with E-state index in [9.17, 15) is 0 Å². The molecule has 0 fully saturated rings. The molecule has 4 rings (SSSR count). The third kappa shape index (κ3) is 2.17. The van der Waals surface area contributed by atoms with Crippen LogP contribution in [0.3, 0.4) is 0 Å². The van der Waals surface area contributed by atoms with E-state index in [0.29, 0.717) is 0 Å². The van der Waals surface area contributed by atoms with Crippen molar-refractivity contribution in [3.63, 3.8) is 0 Å². The molecular formula is C18H16IN3. The molecule has 0 radical (unpaired) electrons. The van der Waals surface area contributed by atoms with E-state index >= 15 is 0 Å². The van der Waals surface area contributed by atoms with Crippen molar-refractivity contribution in [3.05, 3.63) is 71.3 Å². The number of benzene rings is 2. The normalized spacial score (nSPS) is 23.3. The molecule has 2 aromatic rings. The van der Waals surface area contributed by atoms with Gasteiger partial charge in [0.25, 0.3) is 0 Å². The van der Waals surface area contributed by atoms with Gasteiger partial charge in [-0.3, -0.25) is 0 Å². The van der Waals surface area contributed by atoms with Crippen molar-refractivity contribution in [2.24, 2.45) is 10.2 Å². The number of alkyl halides is 1. The molecule has 0 saturated heterocycles. The summed E-state index contributed by atoms with van der Waals surface area (Å²) < 4.78 is -0.193. The topological polar surface area (TPSA) is 28.0 Å². The number of hydrogen-bond acceptors (Lipinski definition) is 3. The highest BCUT2D eigenvalue weighted by molar-refractivity contribution is 14.1. The van der Waals surface area contributed by atoms with Crippen LogP contribution in [0.1, 0.15) is 23.6 Å². The van der Waals surface area contributed by atoms with Crippen LogP contribution in [0.4, 0.5) is 0 Å². The van der Waals surface area contributed by atoms with E-state index in [1.165, 1.54) is 11.1 Å². The average molecular weight is 401 g/mol. The molecule has 0 saturated carbocycles. The summed E-state index contributed by atoms with van der Waals surface area (Å²) in [4.78, 5) is 2.34. The second-order valence-corrected chi connectivity index (χ2v) is 8.02. The van der Waals surface area contributed by atoms with Crippen LogP contribution < -0.4 is 0 Å². The monoisotopic (exact) mass is 401 g/mol. The van der Waals surface area contributed by atoms with Crippen LogP contribution in [-0.2, 0) is 13.1 Å². The summed E-state index contributed by atoms with van der Waals surface area (Å²) >= 11 is 2.48. The lowest BCUT2D eigenvalue weighted by Crippen LogP contribution is -2.43. The summed E-state index contributed by atoms with van der Waals surface area (Å²) in [5.74, 6) is 1.06. The van der Waals surface area contributed by atoms with Crippen molar-refractivity contribution in [2.75, 3.05) is 0 Å². The molecular weight excluding hydrogens is 385 g/mol. The number of hydrogen-bond donors (Lipinski definition) is 0. The second kappa shape index (κ2) is 5.19. The Hall–Kier alpha value is -1.69. The van der Waals surface area contributed by atoms with Crippen LogP contribution >= 0.6 is 22.6 Å². The van der Waals surface area contributed by atoms with Crippen LogP contribution in [0.2, 0.25) is 0 Å². The van der Waals surface area contributed by atoms with E-state index in [2.05, 4.69) is 81.0 Å². The van der Waals surface area contributed by atoms with Gasteiger partial charge in [0, 0.05) is 13.1 Å². The molecule has 0 spiro atoms. The van der Waals surface area contributed by atoms with Gasteiger partial charge in [-0.2, -0.15) is 5.10 Å². The largest absolute Gasteiger partial charge is 0.348 e. The molecule has 2 aliphatic rings. The Morgan fingerprint density at radius 2 is 1.50 bits per heavy atom. The Balaban J connectivity index is 1.62. The summed E-state index contributed by atoms with van der Waals surface area (Å²) in [6.45, 7) is 4.05. The van der Waals surface area contributed by atoms with Crippen molar-refractivity contribution < 1.29 is 0 Å². The van der Waals surface area contributed by atoms with Gasteiger partial charge in [-0.15, -0.1) is 5.10 Å². The van der Waals surface area contributed by atoms with Gasteiger partial charge in [-0.05, 0) is 23.6 Å². The first-order chi connectivity index (χ1) is 10.7. The van der Waals surface area contributed by atoms with Gasteiger partial charge in [0.15, 0.2) is 0 Å². The number of rotatable bonds is 1. The standard InChI is InChI=1S/C18H16IN3/c1-18(19)16(13-7-3-2-4-8-13)20-21-17(18)22-11-14-9-5-6-10-15(14)12-22/h2-10H,11-12H2,1H3. The summed E-state index contributed by atoms with van der Waals surface area (Å²) in [6.07, 6.45) is 0. The molecule has 22 heavy (non-hydrogen) atoms. The molecule has 1 unspecified atom stereocenters. The van der Waals surface area contributed by atoms with E-state index in [-0.39, 0.29) is 3.42 Å². The molecule has 0 aromatic heterocycles. The fraction of sp³-hybridized carbons (Fsp3) is 0.222. The first-order valence-electron chi connectivity index (χ1n) is 7.39. The summed E-state index contributed by atoms with van der Waals surface area (Å²) in [7, 11) is 0. The zero-order chi connectivity index (χ0) is 15.2. The van der Waals surface area contributed by atoms with Crippen LogP contribution in [-0.4, -0.2) is 19.9 Å². The predicted octanol–water partition coefficient (Wildman–Crippen LogP) is 4.01. The Morgan fingerprint density at radius 3 is 2.14 bits per heavy atom. The van der Waals surface area contributed by atoms with Crippen molar-refractivity contribution in [1.82, 2.24) is 4.90 Å². The molecule has 2 heterocycles. The predicted molar refractivity (Wildman–Crippen MR) is 98.5 cm³/mol. The van der Waals surface area contributed by atoms with E-state index in [0.717, 1.165) is 30.2 Å². The fourth-order valence-electron chi connectivity index (χ4n) is 3.16. The molecule has 0 amide bonds. The Morgan fingerprint density at radius 1 is 0.909 bits per heavy atom. The average Bonchev–Trinajstić information content (AvgIpc) is 3.07. The van der Waals surface area contributed by atoms with Crippen molar-refractivity contribution >= 4 is 34.1 Å². The Kier molecular flexibility index (Phi) is 3.29. The van der Waals surface area contributed by atoms with Crippen LogP contribution in [0.15, 0.2) is 64.8 Å². The summed E-state index contributed by atoms with van der Waals surface area (Å²) in [5.41, 5.74) is 4.98. The van der Waals surface area contributed by atoms with Gasteiger partial charge in [-0.25, -0.2) is 0 Å². The highest BCUT2D eigenvalue weighted by Crippen LogP contribution is 2.35. The maximum atomic E-state index is 4.53. The lowest BCUT2D eigenvalue weighted by atomic mass is 9.97. The van der Waals surface area contributed by atoms with Crippen molar-refractivity contribution in [3.8, 4) is 0 Å². The molecule has 2 aromatic carbocycles. The minimum absolute atomic E-state index is 0.193. The number of nitrogens with zero attached hydrogens (tertiary/aromatic N) is 3. The van der Waals surface area contributed by atoms with E-state index in [1.54, 1.807) is 0 Å². The molecule has 0 bridgehead atoms. The maximum Gasteiger partial charge on any atom is 0.150 e. The third-order valence-corrected chi connectivity index (χ3v) is 5.29. The van der Waals surface area contributed by atoms with E-state index in [1.807, 2.05) is 18.2 Å². The van der Waals surface area contributed by atoms with Gasteiger partial charge in [-0.1, -0.05) is 77.2 Å². The van der Waals surface area contributed by atoms with Crippen LogP contribution in [0.5, 0.6) is 0 Å².